The fourth-order valence-corrected chi connectivity index (χ4v) is 0.132. The van der Waals surface area contributed by atoms with E-state index in [1.54, 1.807) is 0 Å². The normalized spacial score (nSPS) is 8.00. The van der Waals surface area contributed by atoms with Gasteiger partial charge in [0.2, 0.25) is 0 Å². The van der Waals surface area contributed by atoms with Crippen molar-refractivity contribution in [2.24, 2.45) is 0 Å². The second-order valence-electron chi connectivity index (χ2n) is 0.569. The molecule has 0 atom stereocenters. The Bertz CT molecular complexity index is 63.4. The monoisotopic (exact) mass is 67.0 g/mol. The van der Waals surface area contributed by atoms with Crippen LogP contribution in [0.4, 0.5) is 0 Å². The quantitative estimate of drug-likeness (QED) is 0.435. The maximum atomic E-state index is 4.22. The summed E-state index contributed by atoms with van der Waals surface area (Å²) < 4.78 is 4.22. The Labute approximate surface area is 29.4 Å². The molecule has 0 fully saturated rings. The van der Waals surface area contributed by atoms with Gasteiger partial charge >= 0.3 is 0 Å². The van der Waals surface area contributed by atoms with Crippen LogP contribution in [-0.2, 0) is 0 Å². The Morgan fingerprint density at radius 2 is 2.80 bits per heavy atom. The summed E-state index contributed by atoms with van der Waals surface area (Å²) in [6.45, 7) is 0. The van der Waals surface area contributed by atoms with E-state index in [1.807, 2.05) is 0 Å². The third kappa shape index (κ3) is 0.265. The molecule has 0 unspecified atom stereocenters. The van der Waals surface area contributed by atoms with E-state index in [0.717, 1.165) is 0 Å². The van der Waals surface area contributed by atoms with Crippen molar-refractivity contribution in [2.45, 2.75) is 0 Å². The molecule has 5 heavy (non-hydrogen) atoms. The second-order valence-corrected chi connectivity index (χ2v) is 0.569. The fourth-order valence-electron chi connectivity index (χ4n) is 0.132. The fraction of sp³-hybridized carbons (Fsp3) is 0. The Morgan fingerprint density at radius 1 is 1.80 bits per heavy atom. The first-order valence-corrected chi connectivity index (χ1v) is 1.18. The Hall–Kier alpha value is -0.790. The molecule has 2 nitrogen and oxygen atoms in total. The minimum atomic E-state index is 1.40. The van der Waals surface area contributed by atoms with Crippen LogP contribution in [0.1, 0.15) is 0 Å². The highest BCUT2D eigenvalue weighted by Crippen LogP contribution is 1.68. The Morgan fingerprint density at radius 3 is 3.00 bits per heavy atom. The lowest BCUT2D eigenvalue weighted by atomic mass is 11.0. The van der Waals surface area contributed by atoms with Crippen LogP contribution in [0.3, 0.4) is 0 Å². The molecule has 0 bridgehead atoms. The number of hydrogen-bond donors (Lipinski definition) is 0. The van der Waals surface area contributed by atoms with E-state index >= 15 is 0 Å². The average molecular weight is 67.0 g/mol. The summed E-state index contributed by atoms with van der Waals surface area (Å²) in [6, 6.07) is 0. The first-order valence-electron chi connectivity index (χ1n) is 1.18. The van der Waals surface area contributed by atoms with Gasteiger partial charge in [0.25, 0.3) is 6.39 Å². The molecule has 0 spiro atoms. The Kier molecular flexibility index (Phi) is 0.433. The topological polar surface area (TPSA) is 26.0 Å². The van der Waals surface area contributed by atoms with Gasteiger partial charge in [-0.3, -0.25) is 0 Å². The Balaban J connectivity index is 3.13. The molecule has 0 N–H and O–H groups in total. The van der Waals surface area contributed by atoms with E-state index < -0.39 is 0 Å². The van der Waals surface area contributed by atoms with E-state index in [-0.39, 0.29) is 0 Å². The SMILES string of the molecule is [c]1cn[c]o1. The van der Waals surface area contributed by atoms with Crippen molar-refractivity contribution in [1.29, 1.82) is 0 Å². The number of aromatic nitrogens is 1. The molecule has 2 radical (unpaired) electrons. The molecule has 1 rings (SSSR count). The molecule has 0 saturated heterocycles. The van der Waals surface area contributed by atoms with Gasteiger partial charge in [0.15, 0.2) is 6.26 Å². The lowest BCUT2D eigenvalue weighted by molar-refractivity contribution is 0.539. The molecule has 0 aliphatic rings. The molecule has 1 aromatic heterocycles. The highest BCUT2D eigenvalue weighted by molar-refractivity contribution is 4.51. The van der Waals surface area contributed by atoms with E-state index in [1.165, 1.54) is 6.20 Å². The van der Waals surface area contributed by atoms with E-state index in [0.29, 0.717) is 0 Å². The number of nitrogens with zero attached hydrogens (tertiary/aromatic N) is 1. The van der Waals surface area contributed by atoms with E-state index in [9.17, 15) is 0 Å². The maximum absolute atomic E-state index is 4.22. The molecule has 0 aliphatic heterocycles. The van der Waals surface area contributed by atoms with Crippen molar-refractivity contribution in [3.63, 3.8) is 0 Å². The van der Waals surface area contributed by atoms with Crippen LogP contribution in [0.15, 0.2) is 10.6 Å². The average Bonchev–Trinajstić information content (AvgIpc) is 1.76. The predicted octanol–water partition coefficient (Wildman–Crippen LogP) is 0.275. The standard InChI is InChI=1S/C3HNO/c1-2-5-3-4-1/h1H. The van der Waals surface area contributed by atoms with Gasteiger partial charge in [-0.2, -0.15) is 0 Å². The van der Waals surface area contributed by atoms with Crippen molar-refractivity contribution in [3.8, 4) is 0 Å². The molecular weight excluding hydrogens is 66.0 g/mol. The lowest BCUT2D eigenvalue weighted by Gasteiger charge is -1.42. The molecule has 0 aliphatic carbocycles. The molecule has 2 heteroatoms. The summed E-state index contributed by atoms with van der Waals surface area (Å²) in [5.74, 6) is 0. The van der Waals surface area contributed by atoms with Gasteiger partial charge in [0.05, 0.1) is 6.20 Å². The van der Waals surface area contributed by atoms with Crippen molar-refractivity contribution in [3.05, 3.63) is 18.9 Å². The maximum Gasteiger partial charge on any atom is 0.284 e. The first-order chi connectivity index (χ1) is 2.50. The second kappa shape index (κ2) is 0.885. The van der Waals surface area contributed by atoms with Crippen LogP contribution < -0.4 is 0 Å². The van der Waals surface area contributed by atoms with Crippen LogP contribution in [-0.4, -0.2) is 4.98 Å². The largest absolute Gasteiger partial charge is 0.429 e. The summed E-state index contributed by atoms with van der Waals surface area (Å²) in [6.07, 6.45) is 5.90. The van der Waals surface area contributed by atoms with Gasteiger partial charge in [-0.15, -0.1) is 0 Å². The molecule has 0 aromatic carbocycles. The van der Waals surface area contributed by atoms with Crippen molar-refractivity contribution in [2.75, 3.05) is 0 Å². The van der Waals surface area contributed by atoms with Gasteiger partial charge in [0, 0.05) is 0 Å². The minimum Gasteiger partial charge on any atom is -0.429 e. The molecule has 1 heterocycles. The smallest absolute Gasteiger partial charge is 0.284 e. The molecular formula is C3HNO. The third-order valence-electron chi connectivity index (χ3n) is 0.275. The zero-order valence-electron chi connectivity index (χ0n) is 2.43. The van der Waals surface area contributed by atoms with E-state index in [4.69, 9.17) is 0 Å². The van der Waals surface area contributed by atoms with Gasteiger partial charge < -0.3 is 4.42 Å². The predicted molar refractivity (Wildman–Crippen MR) is 14.2 cm³/mol. The van der Waals surface area contributed by atoms with Crippen LogP contribution in [0, 0.1) is 12.7 Å². The van der Waals surface area contributed by atoms with Gasteiger partial charge in [-0.25, -0.2) is 4.98 Å². The van der Waals surface area contributed by atoms with Crippen LogP contribution in [0.25, 0.3) is 0 Å². The van der Waals surface area contributed by atoms with Gasteiger partial charge in [-0.05, 0) is 0 Å². The molecule has 0 amide bonds. The summed E-state index contributed by atoms with van der Waals surface area (Å²) in [4.78, 5) is 3.38. The summed E-state index contributed by atoms with van der Waals surface area (Å²) in [5, 5.41) is 0. The van der Waals surface area contributed by atoms with Crippen LogP contribution in [0.2, 0.25) is 0 Å². The van der Waals surface area contributed by atoms with Crippen molar-refractivity contribution < 1.29 is 4.42 Å². The third-order valence-corrected chi connectivity index (χ3v) is 0.275. The number of oxazole rings is 1. The number of hydrogen-bond acceptors (Lipinski definition) is 2. The highest BCUT2D eigenvalue weighted by atomic mass is 16.3. The van der Waals surface area contributed by atoms with Crippen molar-refractivity contribution >= 4 is 0 Å². The minimum absolute atomic E-state index is 1.40. The highest BCUT2D eigenvalue weighted by Gasteiger charge is 1.64. The first kappa shape index (κ1) is 2.45. The summed E-state index contributed by atoms with van der Waals surface area (Å²) in [5.41, 5.74) is 0. The molecule has 1 aromatic rings. The number of rotatable bonds is 0. The van der Waals surface area contributed by atoms with Gasteiger partial charge in [0.1, 0.15) is 0 Å². The van der Waals surface area contributed by atoms with Crippen LogP contribution >= 0.6 is 0 Å². The van der Waals surface area contributed by atoms with E-state index in [2.05, 4.69) is 22.1 Å². The zero-order valence-corrected chi connectivity index (χ0v) is 2.43. The van der Waals surface area contributed by atoms with Crippen LogP contribution in [0.5, 0.6) is 0 Å². The molecule has 0 saturated carbocycles. The summed E-state index contributed by atoms with van der Waals surface area (Å²) >= 11 is 0. The zero-order chi connectivity index (χ0) is 3.54. The van der Waals surface area contributed by atoms with Crippen molar-refractivity contribution in [1.82, 2.24) is 4.98 Å². The summed E-state index contributed by atoms with van der Waals surface area (Å²) in [7, 11) is 0. The van der Waals surface area contributed by atoms with Gasteiger partial charge in [-0.1, -0.05) is 0 Å². The molecule has 24 valence electrons. The lowest BCUT2D eigenvalue weighted by Crippen LogP contribution is -1.40.